The van der Waals surface area contributed by atoms with E-state index in [1.165, 1.54) is 0 Å². The van der Waals surface area contributed by atoms with Gasteiger partial charge in [-0.15, -0.1) is 11.6 Å². The highest BCUT2D eigenvalue weighted by Gasteiger charge is 2.23. The lowest BCUT2D eigenvalue weighted by Crippen LogP contribution is -2.22. The molecule has 1 heterocycles. The predicted octanol–water partition coefficient (Wildman–Crippen LogP) is 3.00. The van der Waals surface area contributed by atoms with Gasteiger partial charge in [0.1, 0.15) is 0 Å². The van der Waals surface area contributed by atoms with E-state index in [4.69, 9.17) is 11.6 Å². The number of nitrogens with one attached hydrogen (secondary N) is 1. The van der Waals surface area contributed by atoms with Crippen LogP contribution in [0, 0.1) is 13.8 Å². The molecule has 1 aromatic rings. The molecule has 0 saturated heterocycles. The van der Waals surface area contributed by atoms with Gasteiger partial charge in [0.2, 0.25) is 5.91 Å². The first-order valence-corrected chi connectivity index (χ1v) is 6.46. The Morgan fingerprint density at radius 3 is 2.61 bits per heavy atom. The highest BCUT2D eigenvalue weighted by Crippen LogP contribution is 2.31. The van der Waals surface area contributed by atoms with Gasteiger partial charge in [-0.1, -0.05) is 0 Å². The number of alkyl halides is 1. The largest absolute Gasteiger partial charge is 0.326 e. The Balaban J connectivity index is 2.56. The molecule has 0 bridgehead atoms. The molecule has 1 atom stereocenters. The molecule has 1 aliphatic rings. The second-order valence-corrected chi connectivity index (χ2v) is 5.39. The minimum atomic E-state index is -0.528. The van der Waals surface area contributed by atoms with E-state index in [1.807, 2.05) is 19.9 Å². The van der Waals surface area contributed by atoms with Crippen molar-refractivity contribution in [3.05, 3.63) is 28.3 Å². The lowest BCUT2D eigenvalue weighted by molar-refractivity contribution is -0.116. The predicted molar refractivity (Wildman–Crippen MR) is 72.5 cm³/mol. The molecule has 0 spiro atoms. The van der Waals surface area contributed by atoms with Crippen LogP contribution in [0.25, 0.3) is 0 Å². The summed E-state index contributed by atoms with van der Waals surface area (Å²) in [6, 6.07) is 1.87. The maximum absolute atomic E-state index is 12.0. The molecule has 2 rings (SSSR count). The zero-order chi connectivity index (χ0) is 13.4. The van der Waals surface area contributed by atoms with E-state index >= 15 is 0 Å². The molecule has 1 aromatic carbocycles. The molecule has 18 heavy (non-hydrogen) atoms. The van der Waals surface area contributed by atoms with E-state index in [-0.39, 0.29) is 11.7 Å². The summed E-state index contributed by atoms with van der Waals surface area (Å²) in [6.07, 6.45) is 1.15. The highest BCUT2D eigenvalue weighted by atomic mass is 35.5. The van der Waals surface area contributed by atoms with Crippen molar-refractivity contribution in [2.24, 2.45) is 0 Å². The van der Waals surface area contributed by atoms with E-state index in [0.717, 1.165) is 22.4 Å². The molecular formula is C14H16ClNO2. The normalized spacial score (nSPS) is 15.9. The Hall–Kier alpha value is -1.35. The second-order valence-electron chi connectivity index (χ2n) is 4.74. The van der Waals surface area contributed by atoms with Gasteiger partial charge in [0.25, 0.3) is 0 Å². The average Bonchev–Trinajstić information content (AvgIpc) is 2.33. The number of aryl methyl sites for hydroxylation is 1. The van der Waals surface area contributed by atoms with Gasteiger partial charge in [-0.3, -0.25) is 9.59 Å². The fourth-order valence-electron chi connectivity index (χ4n) is 2.28. The number of carbonyl (C=O) groups excluding carboxylic acids is 2. The van der Waals surface area contributed by atoms with Crippen molar-refractivity contribution in [2.45, 2.75) is 39.0 Å². The standard InChI is InChI=1S/C14H16ClNO2/c1-7-8(2)13-10(4-5-12(17)16-13)6-11(7)14(18)9(3)15/h6,9H,4-5H2,1-3H3,(H,16,17). The lowest BCUT2D eigenvalue weighted by Gasteiger charge is -2.22. The van der Waals surface area contributed by atoms with E-state index in [9.17, 15) is 9.59 Å². The van der Waals surface area contributed by atoms with Crippen LogP contribution in [-0.2, 0) is 11.2 Å². The van der Waals surface area contributed by atoms with Crippen LogP contribution >= 0.6 is 11.6 Å². The Bertz CT molecular complexity index is 535. The number of benzene rings is 1. The summed E-state index contributed by atoms with van der Waals surface area (Å²) >= 11 is 5.87. The number of carbonyl (C=O) groups is 2. The molecule has 0 fully saturated rings. The third-order valence-electron chi connectivity index (χ3n) is 3.49. The zero-order valence-electron chi connectivity index (χ0n) is 10.8. The molecule has 0 saturated carbocycles. The van der Waals surface area contributed by atoms with Gasteiger partial charge in [-0.2, -0.15) is 0 Å². The number of rotatable bonds is 2. The topological polar surface area (TPSA) is 46.2 Å². The first kappa shape index (κ1) is 13.1. The van der Waals surface area contributed by atoms with Crippen LogP contribution in [0.4, 0.5) is 5.69 Å². The summed E-state index contributed by atoms with van der Waals surface area (Å²) in [5.74, 6) is -0.0215. The van der Waals surface area contributed by atoms with Crippen molar-refractivity contribution in [3.63, 3.8) is 0 Å². The highest BCUT2D eigenvalue weighted by molar-refractivity contribution is 6.33. The summed E-state index contributed by atoms with van der Waals surface area (Å²) in [5.41, 5.74) is 4.42. The Kier molecular flexibility index (Phi) is 3.44. The van der Waals surface area contributed by atoms with Crippen LogP contribution in [0.5, 0.6) is 0 Å². The Morgan fingerprint density at radius 2 is 2.00 bits per heavy atom. The van der Waals surface area contributed by atoms with E-state index < -0.39 is 5.38 Å². The maximum atomic E-state index is 12.0. The number of fused-ring (bicyclic) bond motifs is 1. The first-order chi connectivity index (χ1) is 8.41. The summed E-state index contributed by atoms with van der Waals surface area (Å²) in [6.45, 7) is 5.50. The second kappa shape index (κ2) is 4.73. The Labute approximate surface area is 112 Å². The maximum Gasteiger partial charge on any atom is 0.224 e. The third kappa shape index (κ3) is 2.15. The van der Waals surface area contributed by atoms with Gasteiger partial charge in [-0.05, 0) is 49.9 Å². The van der Waals surface area contributed by atoms with Crippen molar-refractivity contribution in [2.75, 3.05) is 5.32 Å². The van der Waals surface area contributed by atoms with Crippen molar-refractivity contribution < 1.29 is 9.59 Å². The number of hydrogen-bond donors (Lipinski definition) is 1. The number of hydrogen-bond acceptors (Lipinski definition) is 2. The summed E-state index contributed by atoms with van der Waals surface area (Å²) < 4.78 is 0. The number of halogens is 1. The van der Waals surface area contributed by atoms with E-state index in [0.29, 0.717) is 18.4 Å². The van der Waals surface area contributed by atoms with Gasteiger partial charge >= 0.3 is 0 Å². The monoisotopic (exact) mass is 265 g/mol. The van der Waals surface area contributed by atoms with Crippen LogP contribution in [0.1, 0.15) is 40.4 Å². The van der Waals surface area contributed by atoms with Gasteiger partial charge in [-0.25, -0.2) is 0 Å². The number of ketones is 1. The van der Waals surface area contributed by atoms with Crippen molar-refractivity contribution in [1.29, 1.82) is 0 Å². The van der Waals surface area contributed by atoms with Crippen LogP contribution in [0.2, 0.25) is 0 Å². The van der Waals surface area contributed by atoms with E-state index in [2.05, 4.69) is 5.32 Å². The van der Waals surface area contributed by atoms with Crippen LogP contribution < -0.4 is 5.32 Å². The summed E-state index contributed by atoms with van der Waals surface area (Å²) in [7, 11) is 0. The number of Topliss-reactive ketones (excluding diaryl/α,β-unsaturated/α-hetero) is 1. The summed E-state index contributed by atoms with van der Waals surface area (Å²) in [4.78, 5) is 23.5. The molecule has 0 radical (unpaired) electrons. The SMILES string of the molecule is Cc1c(C(=O)C(C)Cl)cc2c(c1C)NC(=O)CC2. The fraction of sp³-hybridized carbons (Fsp3) is 0.429. The molecular weight excluding hydrogens is 250 g/mol. The van der Waals surface area contributed by atoms with Crippen LogP contribution in [0.3, 0.4) is 0 Å². The molecule has 0 aromatic heterocycles. The Morgan fingerprint density at radius 1 is 1.33 bits per heavy atom. The molecule has 3 nitrogen and oxygen atoms in total. The van der Waals surface area contributed by atoms with E-state index in [1.54, 1.807) is 6.92 Å². The molecule has 0 aliphatic carbocycles. The van der Waals surface area contributed by atoms with Crippen molar-refractivity contribution in [3.8, 4) is 0 Å². The summed E-state index contributed by atoms with van der Waals surface area (Å²) in [5, 5.41) is 2.35. The first-order valence-electron chi connectivity index (χ1n) is 6.03. The van der Waals surface area contributed by atoms with Gasteiger partial charge in [0.15, 0.2) is 5.78 Å². The minimum absolute atomic E-state index is 0.0368. The molecule has 96 valence electrons. The smallest absolute Gasteiger partial charge is 0.224 e. The zero-order valence-corrected chi connectivity index (χ0v) is 11.5. The van der Waals surface area contributed by atoms with Gasteiger partial charge in [0.05, 0.1) is 5.38 Å². The molecule has 4 heteroatoms. The number of amides is 1. The molecule has 1 N–H and O–H groups in total. The molecule has 1 aliphatic heterocycles. The average molecular weight is 266 g/mol. The van der Waals surface area contributed by atoms with Crippen molar-refractivity contribution >= 4 is 29.0 Å². The van der Waals surface area contributed by atoms with Crippen LogP contribution in [0.15, 0.2) is 6.07 Å². The third-order valence-corrected chi connectivity index (χ3v) is 3.69. The fourth-order valence-corrected chi connectivity index (χ4v) is 2.39. The van der Waals surface area contributed by atoms with Gasteiger partial charge < -0.3 is 5.32 Å². The number of anilines is 1. The molecule has 1 amide bonds. The quantitative estimate of drug-likeness (QED) is 0.660. The van der Waals surface area contributed by atoms with Crippen molar-refractivity contribution in [1.82, 2.24) is 0 Å². The minimum Gasteiger partial charge on any atom is -0.326 e. The molecule has 1 unspecified atom stereocenters. The lowest BCUT2D eigenvalue weighted by atomic mass is 9.90. The van der Waals surface area contributed by atoms with Crippen LogP contribution in [-0.4, -0.2) is 17.1 Å². The van der Waals surface area contributed by atoms with Gasteiger partial charge in [0, 0.05) is 17.7 Å².